The Morgan fingerprint density at radius 2 is 2.08 bits per heavy atom. The van der Waals surface area contributed by atoms with Crippen LogP contribution in [0.4, 0.5) is 0 Å². The molecule has 0 spiro atoms. The normalized spacial score (nSPS) is 10.7. The maximum atomic E-state index is 11.4. The fourth-order valence-electron chi connectivity index (χ4n) is 2.33. The number of aliphatic hydroxyl groups is 1. The Balaban J connectivity index is 1.97. The Bertz CT molecular complexity index is 670. The first-order valence-electron chi connectivity index (χ1n) is 8.24. The number of thioether (sulfide) groups is 1. The molecule has 25 heavy (non-hydrogen) atoms. The SMILES string of the molecule is CCOC(=O)CCCSc1ncc(CO)n1Cc1ccc(OC)cc1. The molecule has 1 aromatic carbocycles. The van der Waals surface area contributed by atoms with E-state index in [-0.39, 0.29) is 12.6 Å². The number of ether oxygens (including phenoxy) is 2. The molecular weight excluding hydrogens is 340 g/mol. The predicted molar refractivity (Wildman–Crippen MR) is 96.8 cm³/mol. The summed E-state index contributed by atoms with van der Waals surface area (Å²) in [5.74, 6) is 1.41. The number of carbonyl (C=O) groups is 1. The van der Waals surface area contributed by atoms with Crippen molar-refractivity contribution in [2.75, 3.05) is 19.5 Å². The number of rotatable bonds is 10. The maximum absolute atomic E-state index is 11.4. The summed E-state index contributed by atoms with van der Waals surface area (Å²) in [5, 5.41) is 10.4. The molecule has 0 atom stereocenters. The van der Waals surface area contributed by atoms with E-state index < -0.39 is 0 Å². The van der Waals surface area contributed by atoms with Crippen molar-refractivity contribution in [1.82, 2.24) is 9.55 Å². The number of hydrogen-bond acceptors (Lipinski definition) is 6. The van der Waals surface area contributed by atoms with Gasteiger partial charge in [0.2, 0.25) is 0 Å². The van der Waals surface area contributed by atoms with E-state index in [1.54, 1.807) is 32.0 Å². The van der Waals surface area contributed by atoms with Crippen LogP contribution >= 0.6 is 11.8 Å². The van der Waals surface area contributed by atoms with Crippen LogP contribution in [-0.2, 0) is 22.7 Å². The van der Waals surface area contributed by atoms with Crippen LogP contribution in [0.25, 0.3) is 0 Å². The van der Waals surface area contributed by atoms with Gasteiger partial charge in [0, 0.05) is 18.7 Å². The number of esters is 1. The van der Waals surface area contributed by atoms with Gasteiger partial charge in [-0.3, -0.25) is 4.79 Å². The van der Waals surface area contributed by atoms with Crippen molar-refractivity contribution in [3.63, 3.8) is 0 Å². The Labute approximate surface area is 152 Å². The highest BCUT2D eigenvalue weighted by Gasteiger charge is 2.11. The number of carbonyl (C=O) groups excluding carboxylic acids is 1. The van der Waals surface area contributed by atoms with Crippen molar-refractivity contribution in [3.05, 3.63) is 41.7 Å². The van der Waals surface area contributed by atoms with Gasteiger partial charge >= 0.3 is 5.97 Å². The second kappa shape index (κ2) is 10.1. The van der Waals surface area contributed by atoms with E-state index in [0.29, 0.717) is 19.6 Å². The molecule has 0 aliphatic rings. The standard InChI is InChI=1S/C18H24N2O4S/c1-3-24-17(22)5-4-10-25-18-19-11-15(13-21)20(18)12-14-6-8-16(23-2)9-7-14/h6-9,11,21H,3-5,10,12-13H2,1-2H3. The molecule has 2 aromatic rings. The highest BCUT2D eigenvalue weighted by atomic mass is 32.2. The minimum Gasteiger partial charge on any atom is -0.497 e. The van der Waals surface area contributed by atoms with Crippen LogP contribution in [0.3, 0.4) is 0 Å². The summed E-state index contributed by atoms with van der Waals surface area (Å²) in [4.78, 5) is 15.8. The van der Waals surface area contributed by atoms with E-state index in [9.17, 15) is 9.90 Å². The Kier molecular flexibility index (Phi) is 7.81. The molecule has 0 radical (unpaired) electrons. The quantitative estimate of drug-likeness (QED) is 0.397. The summed E-state index contributed by atoms with van der Waals surface area (Å²) in [5.41, 5.74) is 1.87. The molecule has 1 N–H and O–H groups in total. The molecule has 0 amide bonds. The molecule has 136 valence electrons. The van der Waals surface area contributed by atoms with Crippen molar-refractivity contribution in [1.29, 1.82) is 0 Å². The summed E-state index contributed by atoms with van der Waals surface area (Å²) in [6.07, 6.45) is 2.83. The molecule has 0 saturated carbocycles. The van der Waals surface area contributed by atoms with E-state index >= 15 is 0 Å². The second-order valence-corrected chi connectivity index (χ2v) is 6.44. The minimum absolute atomic E-state index is 0.0630. The van der Waals surface area contributed by atoms with Crippen LogP contribution in [0.5, 0.6) is 5.75 Å². The lowest BCUT2D eigenvalue weighted by atomic mass is 10.2. The predicted octanol–water partition coefficient (Wildman–Crippen LogP) is 2.87. The molecular formula is C18H24N2O4S. The zero-order valence-electron chi connectivity index (χ0n) is 14.6. The molecule has 6 nitrogen and oxygen atoms in total. The first-order chi connectivity index (χ1) is 12.2. The Hall–Kier alpha value is -1.99. The average molecular weight is 364 g/mol. The van der Waals surface area contributed by atoms with Gasteiger partial charge in [0.15, 0.2) is 5.16 Å². The van der Waals surface area contributed by atoms with Gasteiger partial charge in [-0.1, -0.05) is 23.9 Å². The highest BCUT2D eigenvalue weighted by molar-refractivity contribution is 7.99. The maximum Gasteiger partial charge on any atom is 0.305 e. The molecule has 7 heteroatoms. The van der Waals surface area contributed by atoms with Crippen molar-refractivity contribution in [2.24, 2.45) is 0 Å². The van der Waals surface area contributed by atoms with Crippen molar-refractivity contribution < 1.29 is 19.4 Å². The minimum atomic E-state index is -0.166. The molecule has 0 aliphatic heterocycles. The van der Waals surface area contributed by atoms with Crippen molar-refractivity contribution in [3.8, 4) is 5.75 Å². The molecule has 1 heterocycles. The number of nitrogens with zero attached hydrogens (tertiary/aromatic N) is 2. The Morgan fingerprint density at radius 3 is 2.72 bits per heavy atom. The number of methoxy groups -OCH3 is 1. The third-order valence-electron chi connectivity index (χ3n) is 3.63. The van der Waals surface area contributed by atoms with E-state index in [0.717, 1.165) is 34.3 Å². The lowest BCUT2D eigenvalue weighted by molar-refractivity contribution is -0.143. The fraction of sp³-hybridized carbons (Fsp3) is 0.444. The van der Waals surface area contributed by atoms with Gasteiger partial charge in [0.25, 0.3) is 0 Å². The van der Waals surface area contributed by atoms with Gasteiger partial charge in [-0.05, 0) is 31.0 Å². The first-order valence-corrected chi connectivity index (χ1v) is 9.23. The van der Waals surface area contributed by atoms with Gasteiger partial charge in [-0.2, -0.15) is 0 Å². The largest absolute Gasteiger partial charge is 0.497 e. The molecule has 2 rings (SSSR count). The van der Waals surface area contributed by atoms with Gasteiger partial charge in [0.1, 0.15) is 5.75 Å². The van der Waals surface area contributed by atoms with Crippen LogP contribution in [0.15, 0.2) is 35.6 Å². The summed E-state index contributed by atoms with van der Waals surface area (Å²) in [7, 11) is 1.64. The smallest absolute Gasteiger partial charge is 0.305 e. The van der Waals surface area contributed by atoms with Crippen molar-refractivity contribution in [2.45, 2.75) is 38.1 Å². The van der Waals surface area contributed by atoms with Crippen LogP contribution in [0.2, 0.25) is 0 Å². The molecule has 1 aromatic heterocycles. The van der Waals surface area contributed by atoms with Gasteiger partial charge in [-0.25, -0.2) is 4.98 Å². The first kappa shape index (κ1) is 19.3. The monoisotopic (exact) mass is 364 g/mol. The summed E-state index contributed by atoms with van der Waals surface area (Å²) < 4.78 is 12.1. The zero-order valence-corrected chi connectivity index (χ0v) is 15.4. The molecule has 0 bridgehead atoms. The van der Waals surface area contributed by atoms with Crippen LogP contribution in [-0.4, -0.2) is 40.1 Å². The summed E-state index contributed by atoms with van der Waals surface area (Å²) in [6, 6.07) is 7.82. The van der Waals surface area contributed by atoms with Gasteiger partial charge in [0.05, 0.1) is 32.2 Å². The molecule has 0 unspecified atom stereocenters. The zero-order chi connectivity index (χ0) is 18.1. The third-order valence-corrected chi connectivity index (χ3v) is 4.70. The highest BCUT2D eigenvalue weighted by Crippen LogP contribution is 2.22. The number of aromatic nitrogens is 2. The number of imidazole rings is 1. The summed E-state index contributed by atoms with van der Waals surface area (Å²) >= 11 is 1.58. The lowest BCUT2D eigenvalue weighted by Gasteiger charge is -2.11. The van der Waals surface area contributed by atoms with Crippen LogP contribution in [0.1, 0.15) is 31.0 Å². The van der Waals surface area contributed by atoms with Gasteiger partial charge < -0.3 is 19.1 Å². The lowest BCUT2D eigenvalue weighted by Crippen LogP contribution is -2.07. The number of aliphatic hydroxyl groups excluding tert-OH is 1. The van der Waals surface area contributed by atoms with E-state index in [2.05, 4.69) is 4.98 Å². The number of hydrogen-bond donors (Lipinski definition) is 1. The molecule has 0 saturated heterocycles. The topological polar surface area (TPSA) is 73.6 Å². The van der Waals surface area contributed by atoms with Crippen LogP contribution < -0.4 is 4.74 Å². The van der Waals surface area contributed by atoms with E-state index in [1.807, 2.05) is 28.8 Å². The molecule has 0 aliphatic carbocycles. The molecule has 0 fully saturated rings. The van der Waals surface area contributed by atoms with Crippen molar-refractivity contribution >= 4 is 17.7 Å². The van der Waals surface area contributed by atoms with E-state index in [1.165, 1.54) is 0 Å². The summed E-state index contributed by atoms with van der Waals surface area (Å²) in [6.45, 7) is 2.78. The van der Waals surface area contributed by atoms with E-state index in [4.69, 9.17) is 9.47 Å². The average Bonchev–Trinajstić information content (AvgIpc) is 3.01. The van der Waals surface area contributed by atoms with Gasteiger partial charge in [-0.15, -0.1) is 0 Å². The second-order valence-electron chi connectivity index (χ2n) is 5.38. The number of benzene rings is 1. The van der Waals surface area contributed by atoms with Crippen LogP contribution in [0, 0.1) is 0 Å². The Morgan fingerprint density at radius 1 is 1.32 bits per heavy atom. The third kappa shape index (κ3) is 5.79. The fourth-order valence-corrected chi connectivity index (χ4v) is 3.27.